The van der Waals surface area contributed by atoms with E-state index in [1.54, 1.807) is 19.2 Å². The molecule has 21 heavy (non-hydrogen) atoms. The number of hydrogen-bond donors (Lipinski definition) is 1. The maximum Gasteiger partial charge on any atom is 0.118 e. The van der Waals surface area contributed by atoms with Crippen LogP contribution in [0.25, 0.3) is 0 Å². The highest BCUT2D eigenvalue weighted by molar-refractivity contribution is 6.32. The van der Waals surface area contributed by atoms with Crippen LogP contribution in [-0.2, 0) is 6.42 Å². The summed E-state index contributed by atoms with van der Waals surface area (Å²) in [6.45, 7) is 2.11. The summed E-state index contributed by atoms with van der Waals surface area (Å²) in [6.07, 6.45) is 0.890. The predicted molar refractivity (Wildman–Crippen MR) is 85.9 cm³/mol. The number of nitriles is 1. The fraction of sp³-hybridized carbons (Fsp3) is 0.235. The summed E-state index contributed by atoms with van der Waals surface area (Å²) >= 11 is 6.03. The molecule has 2 rings (SSSR count). The van der Waals surface area contributed by atoms with Crippen LogP contribution < -0.4 is 10.1 Å². The van der Waals surface area contributed by atoms with Crippen molar-refractivity contribution in [3.63, 3.8) is 0 Å². The Morgan fingerprint density at radius 1 is 1.24 bits per heavy atom. The standard InChI is InChI=1S/C17H17ClN2O/c1-12(9-13-3-7-16(21-2)8-4-13)20-15-6-5-14(11-19)17(18)10-15/h3-8,10,12,20H,9H2,1-2H3. The summed E-state index contributed by atoms with van der Waals surface area (Å²) < 4.78 is 5.15. The van der Waals surface area contributed by atoms with Gasteiger partial charge in [0.2, 0.25) is 0 Å². The lowest BCUT2D eigenvalue weighted by Gasteiger charge is -2.16. The van der Waals surface area contributed by atoms with Crippen LogP contribution in [0.15, 0.2) is 42.5 Å². The Kier molecular flexibility index (Phi) is 5.08. The minimum atomic E-state index is 0.252. The maximum absolute atomic E-state index is 8.86. The zero-order valence-corrected chi connectivity index (χ0v) is 12.8. The Morgan fingerprint density at radius 3 is 2.52 bits per heavy atom. The Balaban J connectivity index is 1.99. The quantitative estimate of drug-likeness (QED) is 0.897. The van der Waals surface area contributed by atoms with Crippen molar-refractivity contribution >= 4 is 17.3 Å². The third-order valence-electron chi connectivity index (χ3n) is 3.20. The molecule has 0 bridgehead atoms. The average molecular weight is 301 g/mol. The molecule has 0 saturated carbocycles. The molecule has 1 atom stereocenters. The van der Waals surface area contributed by atoms with Crippen molar-refractivity contribution in [2.24, 2.45) is 0 Å². The van der Waals surface area contributed by atoms with Gasteiger partial charge in [-0.25, -0.2) is 0 Å². The van der Waals surface area contributed by atoms with Gasteiger partial charge in [0.05, 0.1) is 17.7 Å². The molecule has 2 aromatic rings. The first-order valence-electron chi connectivity index (χ1n) is 6.71. The van der Waals surface area contributed by atoms with E-state index in [1.165, 1.54) is 5.56 Å². The van der Waals surface area contributed by atoms with Crippen molar-refractivity contribution in [1.82, 2.24) is 0 Å². The molecule has 0 saturated heterocycles. The van der Waals surface area contributed by atoms with Crippen LogP contribution in [0.2, 0.25) is 5.02 Å². The molecule has 0 aliphatic heterocycles. The lowest BCUT2D eigenvalue weighted by Crippen LogP contribution is -2.18. The highest BCUT2D eigenvalue weighted by atomic mass is 35.5. The monoisotopic (exact) mass is 300 g/mol. The van der Waals surface area contributed by atoms with Gasteiger partial charge >= 0.3 is 0 Å². The van der Waals surface area contributed by atoms with Gasteiger partial charge in [0.1, 0.15) is 11.8 Å². The van der Waals surface area contributed by atoms with Gasteiger partial charge in [-0.15, -0.1) is 0 Å². The fourth-order valence-electron chi connectivity index (χ4n) is 2.15. The van der Waals surface area contributed by atoms with E-state index in [0.29, 0.717) is 10.6 Å². The van der Waals surface area contributed by atoms with E-state index in [2.05, 4.69) is 30.4 Å². The number of methoxy groups -OCH3 is 1. The zero-order valence-electron chi connectivity index (χ0n) is 12.1. The third-order valence-corrected chi connectivity index (χ3v) is 3.52. The van der Waals surface area contributed by atoms with Gasteiger partial charge in [0.25, 0.3) is 0 Å². The molecule has 0 heterocycles. The van der Waals surface area contributed by atoms with E-state index in [-0.39, 0.29) is 6.04 Å². The van der Waals surface area contributed by atoms with Gasteiger partial charge in [0.15, 0.2) is 0 Å². The molecule has 0 amide bonds. The van der Waals surface area contributed by atoms with Crippen molar-refractivity contribution in [1.29, 1.82) is 5.26 Å². The van der Waals surface area contributed by atoms with Gasteiger partial charge < -0.3 is 10.1 Å². The van der Waals surface area contributed by atoms with Crippen LogP contribution in [0.4, 0.5) is 5.69 Å². The molecule has 0 radical (unpaired) electrons. The second-order valence-corrected chi connectivity index (χ2v) is 5.31. The maximum atomic E-state index is 8.86. The second kappa shape index (κ2) is 7.01. The molecule has 1 unspecified atom stereocenters. The number of anilines is 1. The normalized spacial score (nSPS) is 11.5. The highest BCUT2D eigenvalue weighted by Gasteiger charge is 2.06. The number of nitrogens with one attached hydrogen (secondary N) is 1. The molecule has 2 aromatic carbocycles. The summed E-state index contributed by atoms with van der Waals surface area (Å²) in [4.78, 5) is 0. The Morgan fingerprint density at radius 2 is 1.95 bits per heavy atom. The minimum absolute atomic E-state index is 0.252. The first kappa shape index (κ1) is 15.2. The van der Waals surface area contributed by atoms with Crippen LogP contribution in [-0.4, -0.2) is 13.2 Å². The molecule has 0 fully saturated rings. The smallest absolute Gasteiger partial charge is 0.118 e. The Labute approximate surface area is 130 Å². The molecule has 0 aromatic heterocycles. The van der Waals surface area contributed by atoms with E-state index in [0.717, 1.165) is 17.9 Å². The summed E-state index contributed by atoms with van der Waals surface area (Å²) in [7, 11) is 1.66. The average Bonchev–Trinajstić information content (AvgIpc) is 2.48. The lowest BCUT2D eigenvalue weighted by molar-refractivity contribution is 0.414. The zero-order chi connectivity index (χ0) is 15.2. The minimum Gasteiger partial charge on any atom is -0.497 e. The molecule has 0 spiro atoms. The van der Waals surface area contributed by atoms with Crippen LogP contribution in [0.3, 0.4) is 0 Å². The van der Waals surface area contributed by atoms with Crippen molar-refractivity contribution in [2.75, 3.05) is 12.4 Å². The van der Waals surface area contributed by atoms with E-state index in [1.807, 2.05) is 18.2 Å². The first-order valence-corrected chi connectivity index (χ1v) is 7.09. The largest absolute Gasteiger partial charge is 0.497 e. The molecule has 0 aliphatic carbocycles. The lowest BCUT2D eigenvalue weighted by atomic mass is 10.1. The van der Waals surface area contributed by atoms with E-state index in [9.17, 15) is 0 Å². The molecule has 3 nitrogen and oxygen atoms in total. The van der Waals surface area contributed by atoms with E-state index >= 15 is 0 Å². The highest BCUT2D eigenvalue weighted by Crippen LogP contribution is 2.21. The number of hydrogen-bond acceptors (Lipinski definition) is 3. The van der Waals surface area contributed by atoms with Crippen LogP contribution in [0, 0.1) is 11.3 Å². The summed E-state index contributed by atoms with van der Waals surface area (Å²) in [6, 6.07) is 15.7. The van der Waals surface area contributed by atoms with Crippen molar-refractivity contribution < 1.29 is 4.74 Å². The molecular weight excluding hydrogens is 284 g/mol. The topological polar surface area (TPSA) is 45.0 Å². The van der Waals surface area contributed by atoms with Crippen LogP contribution in [0.1, 0.15) is 18.1 Å². The van der Waals surface area contributed by atoms with Gasteiger partial charge in [-0.05, 0) is 49.2 Å². The summed E-state index contributed by atoms with van der Waals surface area (Å²) in [5, 5.41) is 12.7. The SMILES string of the molecule is COc1ccc(CC(C)Nc2ccc(C#N)c(Cl)c2)cc1. The van der Waals surface area contributed by atoms with Gasteiger partial charge in [-0.1, -0.05) is 23.7 Å². The van der Waals surface area contributed by atoms with Gasteiger partial charge in [0, 0.05) is 11.7 Å². The van der Waals surface area contributed by atoms with Crippen molar-refractivity contribution in [3.8, 4) is 11.8 Å². The second-order valence-electron chi connectivity index (χ2n) is 4.90. The predicted octanol–water partition coefficient (Wildman–Crippen LogP) is 4.26. The molecule has 1 N–H and O–H groups in total. The summed E-state index contributed by atoms with van der Waals surface area (Å²) in [5.74, 6) is 0.859. The third kappa shape index (κ3) is 4.14. The van der Waals surface area contributed by atoms with Crippen LogP contribution in [0.5, 0.6) is 5.75 Å². The molecule has 108 valence electrons. The number of benzene rings is 2. The molecule has 0 aliphatic rings. The van der Waals surface area contributed by atoms with Crippen molar-refractivity contribution in [2.45, 2.75) is 19.4 Å². The van der Waals surface area contributed by atoms with Gasteiger partial charge in [-0.3, -0.25) is 0 Å². The number of nitrogens with zero attached hydrogens (tertiary/aromatic N) is 1. The fourth-order valence-corrected chi connectivity index (χ4v) is 2.37. The number of rotatable bonds is 5. The number of ether oxygens (including phenoxy) is 1. The van der Waals surface area contributed by atoms with E-state index in [4.69, 9.17) is 21.6 Å². The van der Waals surface area contributed by atoms with Gasteiger partial charge in [-0.2, -0.15) is 5.26 Å². The Hall–Kier alpha value is -2.18. The van der Waals surface area contributed by atoms with Crippen molar-refractivity contribution in [3.05, 3.63) is 58.6 Å². The summed E-state index contributed by atoms with van der Waals surface area (Å²) in [5.41, 5.74) is 2.64. The number of halogens is 1. The molecule has 4 heteroatoms. The molecular formula is C17H17ClN2O. The van der Waals surface area contributed by atoms with Crippen LogP contribution >= 0.6 is 11.6 Å². The van der Waals surface area contributed by atoms with E-state index < -0.39 is 0 Å². The first-order chi connectivity index (χ1) is 10.1. The Bertz CT molecular complexity index is 647.